The van der Waals surface area contributed by atoms with E-state index in [-0.39, 0.29) is 11.8 Å². The molecule has 0 aliphatic carbocycles. The Bertz CT molecular complexity index is 654. The van der Waals surface area contributed by atoms with Gasteiger partial charge in [-0.3, -0.25) is 9.48 Å². The monoisotopic (exact) mass is 328 g/mol. The smallest absolute Gasteiger partial charge is 0.227 e. The lowest BCUT2D eigenvalue weighted by molar-refractivity contribution is -0.135. The van der Waals surface area contributed by atoms with E-state index in [1.54, 1.807) is 6.20 Å². The largest absolute Gasteiger partial charge is 0.353 e. The quantitative estimate of drug-likeness (QED) is 0.848. The maximum atomic E-state index is 12.7. The van der Waals surface area contributed by atoms with Crippen LogP contribution in [0.25, 0.3) is 0 Å². The minimum atomic E-state index is -0.0735. The van der Waals surface area contributed by atoms with Crippen molar-refractivity contribution in [2.24, 2.45) is 5.92 Å². The zero-order chi connectivity index (χ0) is 16.9. The summed E-state index contributed by atoms with van der Waals surface area (Å²) in [6.07, 6.45) is 4.57. The van der Waals surface area contributed by atoms with E-state index in [0.29, 0.717) is 6.54 Å². The molecule has 3 heterocycles. The molecular weight excluding hydrogens is 304 g/mol. The van der Waals surface area contributed by atoms with Crippen molar-refractivity contribution in [3.63, 3.8) is 0 Å². The Morgan fingerprint density at radius 2 is 2.08 bits per heavy atom. The van der Waals surface area contributed by atoms with Crippen molar-refractivity contribution >= 4 is 11.7 Å². The number of hydrogen-bond acceptors (Lipinski definition) is 5. The van der Waals surface area contributed by atoms with Crippen molar-refractivity contribution in [3.05, 3.63) is 36.3 Å². The first-order chi connectivity index (χ1) is 11.6. The van der Waals surface area contributed by atoms with Gasteiger partial charge in [0.15, 0.2) is 5.82 Å². The molecular formula is C17H24N6O. The van der Waals surface area contributed by atoms with E-state index in [1.165, 1.54) is 0 Å². The number of carbonyl (C=O) groups excluding carboxylic acids is 1. The van der Waals surface area contributed by atoms with Crippen molar-refractivity contribution in [3.8, 4) is 0 Å². The van der Waals surface area contributed by atoms with Crippen molar-refractivity contribution in [1.29, 1.82) is 0 Å². The first kappa shape index (κ1) is 16.4. The van der Waals surface area contributed by atoms with E-state index in [1.807, 2.05) is 47.8 Å². The van der Waals surface area contributed by atoms with E-state index in [2.05, 4.69) is 20.2 Å². The fraction of sp³-hybridized carbons (Fsp3) is 0.529. The summed E-state index contributed by atoms with van der Waals surface area (Å²) in [4.78, 5) is 16.9. The molecule has 1 aliphatic rings. The highest BCUT2D eigenvalue weighted by Crippen LogP contribution is 2.15. The molecule has 0 spiro atoms. The van der Waals surface area contributed by atoms with Crippen LogP contribution < -0.4 is 4.90 Å². The van der Waals surface area contributed by atoms with Crippen molar-refractivity contribution in [2.75, 3.05) is 31.1 Å². The van der Waals surface area contributed by atoms with Crippen LogP contribution in [0, 0.1) is 12.8 Å². The average molecular weight is 328 g/mol. The number of amides is 1. The standard InChI is InChI=1S/C17H24N6O/c1-14(13-23-10-3-7-18-23)17(24)22-9-4-8-21(11-12-22)16-6-5-15(2)19-20-16/h3,5-7,10,14H,4,8-9,11-13H2,1-2H3. The van der Waals surface area contributed by atoms with Crippen LogP contribution >= 0.6 is 0 Å². The molecule has 2 aromatic rings. The van der Waals surface area contributed by atoms with Crippen molar-refractivity contribution in [1.82, 2.24) is 24.9 Å². The van der Waals surface area contributed by atoms with E-state index >= 15 is 0 Å². The molecule has 7 heteroatoms. The predicted octanol–water partition coefficient (Wildman–Crippen LogP) is 1.36. The van der Waals surface area contributed by atoms with E-state index < -0.39 is 0 Å². The third-order valence-electron chi connectivity index (χ3n) is 4.36. The number of aryl methyl sites for hydroxylation is 1. The Morgan fingerprint density at radius 1 is 1.21 bits per heavy atom. The van der Waals surface area contributed by atoms with Gasteiger partial charge >= 0.3 is 0 Å². The number of nitrogens with zero attached hydrogens (tertiary/aromatic N) is 6. The van der Waals surface area contributed by atoms with Gasteiger partial charge in [0.05, 0.1) is 18.2 Å². The Morgan fingerprint density at radius 3 is 2.79 bits per heavy atom. The third kappa shape index (κ3) is 3.90. The number of aromatic nitrogens is 4. The summed E-state index contributed by atoms with van der Waals surface area (Å²) in [6, 6.07) is 5.85. The molecule has 0 radical (unpaired) electrons. The molecule has 1 amide bonds. The van der Waals surface area contributed by atoms with E-state index in [0.717, 1.165) is 44.1 Å². The molecule has 1 fully saturated rings. The molecule has 0 bridgehead atoms. The van der Waals surface area contributed by atoms with Gasteiger partial charge in [-0.2, -0.15) is 10.2 Å². The molecule has 0 aromatic carbocycles. The van der Waals surface area contributed by atoms with Crippen LogP contribution in [0.3, 0.4) is 0 Å². The second-order valence-corrected chi connectivity index (χ2v) is 6.33. The molecule has 3 rings (SSSR count). The minimum Gasteiger partial charge on any atom is -0.353 e. The van der Waals surface area contributed by atoms with Gasteiger partial charge in [0, 0.05) is 38.6 Å². The normalized spacial score (nSPS) is 16.8. The zero-order valence-corrected chi connectivity index (χ0v) is 14.3. The lowest BCUT2D eigenvalue weighted by Crippen LogP contribution is -2.39. The SMILES string of the molecule is Cc1ccc(N2CCCN(C(=O)C(C)Cn3cccn3)CC2)nn1. The number of rotatable bonds is 4. The number of hydrogen-bond donors (Lipinski definition) is 0. The molecule has 2 aromatic heterocycles. The topological polar surface area (TPSA) is 67.2 Å². The molecule has 1 unspecified atom stereocenters. The predicted molar refractivity (Wildman–Crippen MR) is 91.6 cm³/mol. The van der Waals surface area contributed by atoms with E-state index in [9.17, 15) is 4.79 Å². The van der Waals surface area contributed by atoms with Gasteiger partial charge in [-0.1, -0.05) is 6.92 Å². The molecule has 0 N–H and O–H groups in total. The summed E-state index contributed by atoms with van der Waals surface area (Å²) < 4.78 is 1.81. The van der Waals surface area contributed by atoms with Crippen LogP contribution in [0.5, 0.6) is 0 Å². The van der Waals surface area contributed by atoms with Crippen LogP contribution in [0.1, 0.15) is 19.0 Å². The van der Waals surface area contributed by atoms with Gasteiger partial charge in [-0.25, -0.2) is 0 Å². The van der Waals surface area contributed by atoms with Crippen LogP contribution in [-0.2, 0) is 11.3 Å². The lowest BCUT2D eigenvalue weighted by atomic mass is 10.1. The highest BCUT2D eigenvalue weighted by Gasteiger charge is 2.24. The molecule has 1 saturated heterocycles. The Kier molecular flexibility index (Phi) is 5.08. The molecule has 7 nitrogen and oxygen atoms in total. The lowest BCUT2D eigenvalue weighted by Gasteiger charge is -2.25. The van der Waals surface area contributed by atoms with Gasteiger partial charge < -0.3 is 9.80 Å². The Labute approximate surface area is 142 Å². The Hall–Kier alpha value is -2.44. The second kappa shape index (κ2) is 7.42. The second-order valence-electron chi connectivity index (χ2n) is 6.33. The maximum absolute atomic E-state index is 12.7. The third-order valence-corrected chi connectivity index (χ3v) is 4.36. The molecule has 128 valence electrons. The summed E-state index contributed by atoms with van der Waals surface area (Å²) in [5.41, 5.74) is 0.915. The van der Waals surface area contributed by atoms with Crippen molar-refractivity contribution in [2.45, 2.75) is 26.8 Å². The summed E-state index contributed by atoms with van der Waals surface area (Å²) in [5, 5.41) is 12.6. The Balaban J connectivity index is 1.58. The summed E-state index contributed by atoms with van der Waals surface area (Å²) in [6.45, 7) is 7.72. The van der Waals surface area contributed by atoms with Crippen molar-refractivity contribution < 1.29 is 4.79 Å². The van der Waals surface area contributed by atoms with E-state index in [4.69, 9.17) is 0 Å². The fourth-order valence-electron chi connectivity index (χ4n) is 3.01. The fourth-order valence-corrected chi connectivity index (χ4v) is 3.01. The number of carbonyl (C=O) groups is 1. The summed E-state index contributed by atoms with van der Waals surface area (Å²) in [5.74, 6) is 1.01. The first-order valence-corrected chi connectivity index (χ1v) is 8.45. The molecule has 1 atom stereocenters. The minimum absolute atomic E-state index is 0.0735. The van der Waals surface area contributed by atoms with Gasteiger partial charge in [-0.15, -0.1) is 5.10 Å². The molecule has 1 aliphatic heterocycles. The maximum Gasteiger partial charge on any atom is 0.227 e. The van der Waals surface area contributed by atoms with Gasteiger partial charge in [0.25, 0.3) is 0 Å². The summed E-state index contributed by atoms with van der Waals surface area (Å²) >= 11 is 0. The molecule has 24 heavy (non-hydrogen) atoms. The average Bonchev–Trinajstić information content (AvgIpc) is 2.97. The van der Waals surface area contributed by atoms with Gasteiger partial charge in [0.2, 0.25) is 5.91 Å². The van der Waals surface area contributed by atoms with Crippen LogP contribution in [-0.4, -0.2) is 57.0 Å². The zero-order valence-electron chi connectivity index (χ0n) is 14.3. The van der Waals surface area contributed by atoms with Gasteiger partial charge in [0.1, 0.15) is 0 Å². The number of anilines is 1. The molecule has 0 saturated carbocycles. The van der Waals surface area contributed by atoms with Gasteiger partial charge in [-0.05, 0) is 31.5 Å². The summed E-state index contributed by atoms with van der Waals surface area (Å²) in [7, 11) is 0. The van der Waals surface area contributed by atoms with Crippen LogP contribution in [0.15, 0.2) is 30.6 Å². The van der Waals surface area contributed by atoms with Crippen LogP contribution in [0.4, 0.5) is 5.82 Å². The van der Waals surface area contributed by atoms with Crippen LogP contribution in [0.2, 0.25) is 0 Å². The first-order valence-electron chi connectivity index (χ1n) is 8.45. The highest BCUT2D eigenvalue weighted by molar-refractivity contribution is 5.78. The highest BCUT2D eigenvalue weighted by atomic mass is 16.2.